The van der Waals surface area contributed by atoms with Gasteiger partial charge in [0, 0.05) is 24.9 Å². The second kappa shape index (κ2) is 6.56. The minimum atomic E-state index is -0.160. The topological polar surface area (TPSA) is 118 Å². The zero-order chi connectivity index (χ0) is 19.1. The van der Waals surface area contributed by atoms with Crippen molar-refractivity contribution >= 4 is 16.7 Å². The highest BCUT2D eigenvalue weighted by atomic mass is 16.1. The fraction of sp³-hybridized carbons (Fsp3) is 0.368. The number of aromatic nitrogens is 7. The molecule has 0 aliphatic heterocycles. The summed E-state index contributed by atoms with van der Waals surface area (Å²) in [5.74, 6) is 0.944. The second-order valence-electron chi connectivity index (χ2n) is 7.23. The zero-order valence-electron chi connectivity index (χ0n) is 15.1. The maximum absolute atomic E-state index is 12.6. The van der Waals surface area contributed by atoms with Crippen molar-refractivity contribution in [2.24, 2.45) is 5.92 Å². The van der Waals surface area contributed by atoms with E-state index in [0.717, 1.165) is 36.8 Å². The van der Waals surface area contributed by atoms with E-state index in [0.29, 0.717) is 29.3 Å². The molecule has 0 saturated heterocycles. The van der Waals surface area contributed by atoms with Gasteiger partial charge in [-0.1, -0.05) is 0 Å². The van der Waals surface area contributed by atoms with Crippen LogP contribution in [0.2, 0.25) is 0 Å². The molecule has 0 radical (unpaired) electrons. The average Bonchev–Trinajstić information content (AvgIpc) is 3.29. The number of nitrogens with one attached hydrogen (secondary N) is 1. The van der Waals surface area contributed by atoms with Crippen molar-refractivity contribution in [1.29, 1.82) is 5.26 Å². The van der Waals surface area contributed by atoms with Gasteiger partial charge in [0.25, 0.3) is 0 Å². The molecule has 9 heteroatoms. The van der Waals surface area contributed by atoms with Crippen molar-refractivity contribution in [3.63, 3.8) is 0 Å². The Bertz CT molecular complexity index is 1250. The molecule has 1 aliphatic rings. The van der Waals surface area contributed by atoms with Crippen LogP contribution in [-0.2, 0) is 0 Å². The summed E-state index contributed by atoms with van der Waals surface area (Å²) in [4.78, 5) is 28.8. The lowest BCUT2D eigenvalue weighted by Crippen LogP contribution is -2.26. The van der Waals surface area contributed by atoms with Gasteiger partial charge in [-0.25, -0.2) is 19.3 Å². The number of aromatic amines is 1. The van der Waals surface area contributed by atoms with Crippen LogP contribution in [0.15, 0.2) is 35.8 Å². The standard InChI is InChI=1S/C19H18N8O/c20-6-5-12-1-3-13(4-2-12)27-18-15(24-19(27)28)10-22-17(25-18)14-9-23-26-8-7-21-11-16(14)26/h7-13H,1-5H2,(H,24,28)/t12-,13-. The highest BCUT2D eigenvalue weighted by molar-refractivity contribution is 5.79. The molecular formula is C19H18N8O. The third kappa shape index (κ3) is 2.65. The van der Waals surface area contributed by atoms with Gasteiger partial charge in [-0.15, -0.1) is 0 Å². The summed E-state index contributed by atoms with van der Waals surface area (Å²) in [6.07, 6.45) is 12.8. The molecule has 0 aromatic carbocycles. The van der Waals surface area contributed by atoms with Crippen molar-refractivity contribution in [3.05, 3.63) is 41.5 Å². The number of rotatable bonds is 3. The fourth-order valence-corrected chi connectivity index (χ4v) is 4.13. The lowest BCUT2D eigenvalue weighted by Gasteiger charge is -2.27. The molecule has 28 heavy (non-hydrogen) atoms. The Balaban J connectivity index is 1.56. The van der Waals surface area contributed by atoms with Gasteiger partial charge < -0.3 is 4.98 Å². The molecule has 0 amide bonds. The number of imidazole rings is 1. The van der Waals surface area contributed by atoms with E-state index in [4.69, 9.17) is 10.2 Å². The van der Waals surface area contributed by atoms with E-state index in [1.165, 1.54) is 0 Å². The molecule has 5 rings (SSSR count). The van der Waals surface area contributed by atoms with Gasteiger partial charge in [0.15, 0.2) is 11.5 Å². The van der Waals surface area contributed by atoms with E-state index < -0.39 is 0 Å². The maximum Gasteiger partial charge on any atom is 0.327 e. The van der Waals surface area contributed by atoms with Gasteiger partial charge in [-0.2, -0.15) is 10.4 Å². The molecule has 1 fully saturated rings. The van der Waals surface area contributed by atoms with Crippen LogP contribution in [-0.4, -0.2) is 34.1 Å². The normalized spacial score (nSPS) is 19.8. The first kappa shape index (κ1) is 16.6. The van der Waals surface area contributed by atoms with E-state index in [1.54, 1.807) is 40.1 Å². The van der Waals surface area contributed by atoms with Gasteiger partial charge in [-0.3, -0.25) is 9.55 Å². The third-order valence-electron chi connectivity index (χ3n) is 5.58. The number of fused-ring (bicyclic) bond motifs is 2. The number of H-pyrrole nitrogens is 1. The van der Waals surface area contributed by atoms with Crippen molar-refractivity contribution in [2.45, 2.75) is 38.1 Å². The lowest BCUT2D eigenvalue weighted by atomic mass is 9.84. The number of nitriles is 1. The molecule has 0 spiro atoms. The van der Waals surface area contributed by atoms with Gasteiger partial charge in [0.2, 0.25) is 0 Å². The molecule has 1 N–H and O–H groups in total. The van der Waals surface area contributed by atoms with Gasteiger partial charge >= 0.3 is 5.69 Å². The summed E-state index contributed by atoms with van der Waals surface area (Å²) in [5, 5.41) is 13.2. The SMILES string of the molecule is N#CC[C@H]1CC[C@H](n2c(=O)[nH]c3cnc(-c4cnn5ccncc45)nc32)CC1. The molecule has 0 atom stereocenters. The van der Waals surface area contributed by atoms with Crippen LogP contribution >= 0.6 is 0 Å². The number of hydrogen-bond donors (Lipinski definition) is 1. The van der Waals surface area contributed by atoms with Crippen LogP contribution in [0.25, 0.3) is 28.1 Å². The van der Waals surface area contributed by atoms with Crippen molar-refractivity contribution in [1.82, 2.24) is 34.1 Å². The Hall–Kier alpha value is -3.54. The summed E-state index contributed by atoms with van der Waals surface area (Å²) in [6, 6.07) is 2.34. The summed E-state index contributed by atoms with van der Waals surface area (Å²) in [6.45, 7) is 0. The predicted molar refractivity (Wildman–Crippen MR) is 101 cm³/mol. The first-order valence-corrected chi connectivity index (χ1v) is 9.36. The van der Waals surface area contributed by atoms with Gasteiger partial charge in [0.05, 0.1) is 35.7 Å². The van der Waals surface area contributed by atoms with Crippen LogP contribution in [0.4, 0.5) is 0 Å². The highest BCUT2D eigenvalue weighted by Gasteiger charge is 2.26. The summed E-state index contributed by atoms with van der Waals surface area (Å²) in [7, 11) is 0. The Morgan fingerprint density at radius 1 is 1.21 bits per heavy atom. The second-order valence-corrected chi connectivity index (χ2v) is 7.23. The van der Waals surface area contributed by atoms with Crippen molar-refractivity contribution < 1.29 is 0 Å². The van der Waals surface area contributed by atoms with Crippen molar-refractivity contribution in [3.8, 4) is 17.5 Å². The summed E-state index contributed by atoms with van der Waals surface area (Å²) >= 11 is 0. The molecule has 0 unspecified atom stereocenters. The van der Waals surface area contributed by atoms with Crippen LogP contribution in [0.3, 0.4) is 0 Å². The quantitative estimate of drug-likeness (QED) is 0.588. The third-order valence-corrected chi connectivity index (χ3v) is 5.58. The Morgan fingerprint density at radius 2 is 2.07 bits per heavy atom. The summed E-state index contributed by atoms with van der Waals surface area (Å²) in [5.41, 5.74) is 2.66. The minimum absolute atomic E-state index is 0.0875. The van der Waals surface area contributed by atoms with E-state index in [-0.39, 0.29) is 11.7 Å². The van der Waals surface area contributed by atoms with E-state index >= 15 is 0 Å². The van der Waals surface area contributed by atoms with Crippen molar-refractivity contribution in [2.75, 3.05) is 0 Å². The maximum atomic E-state index is 12.6. The summed E-state index contributed by atoms with van der Waals surface area (Å²) < 4.78 is 3.48. The average molecular weight is 374 g/mol. The van der Waals surface area contributed by atoms with Crippen LogP contribution in [0.5, 0.6) is 0 Å². The monoisotopic (exact) mass is 374 g/mol. The molecule has 1 aliphatic carbocycles. The number of hydrogen-bond acceptors (Lipinski definition) is 6. The number of nitrogens with zero attached hydrogens (tertiary/aromatic N) is 7. The molecule has 4 heterocycles. The van der Waals surface area contributed by atoms with E-state index in [2.05, 4.69) is 26.1 Å². The molecule has 0 bridgehead atoms. The Morgan fingerprint density at radius 3 is 2.89 bits per heavy atom. The van der Waals surface area contributed by atoms with Crippen LogP contribution in [0, 0.1) is 17.2 Å². The van der Waals surface area contributed by atoms with Crippen LogP contribution < -0.4 is 5.69 Å². The molecule has 9 nitrogen and oxygen atoms in total. The van der Waals surface area contributed by atoms with Gasteiger partial charge in [-0.05, 0) is 31.6 Å². The zero-order valence-corrected chi connectivity index (χ0v) is 15.1. The molecule has 4 aromatic heterocycles. The Labute approximate surface area is 159 Å². The smallest absolute Gasteiger partial charge is 0.303 e. The molecule has 4 aromatic rings. The predicted octanol–water partition coefficient (Wildman–Crippen LogP) is 2.47. The van der Waals surface area contributed by atoms with E-state index in [1.807, 2.05) is 0 Å². The molecule has 140 valence electrons. The lowest BCUT2D eigenvalue weighted by molar-refractivity contribution is 0.277. The Kier molecular flexibility index (Phi) is 3.90. The van der Waals surface area contributed by atoms with E-state index in [9.17, 15) is 4.79 Å². The minimum Gasteiger partial charge on any atom is -0.303 e. The first-order valence-electron chi connectivity index (χ1n) is 9.36. The fourth-order valence-electron chi connectivity index (χ4n) is 4.13. The highest BCUT2D eigenvalue weighted by Crippen LogP contribution is 2.34. The first-order chi connectivity index (χ1) is 13.7. The van der Waals surface area contributed by atoms with Crippen LogP contribution in [0.1, 0.15) is 38.1 Å². The molecular weight excluding hydrogens is 356 g/mol. The largest absolute Gasteiger partial charge is 0.327 e. The van der Waals surface area contributed by atoms with Gasteiger partial charge in [0.1, 0.15) is 5.52 Å². The molecule has 1 saturated carbocycles.